The molecule has 1 unspecified atom stereocenters. The molecule has 0 aromatic heterocycles. The van der Waals surface area contributed by atoms with Crippen LogP contribution in [0.15, 0.2) is 18.2 Å². The number of rotatable bonds is 3. The summed E-state index contributed by atoms with van der Waals surface area (Å²) in [6.07, 6.45) is -1.09. The summed E-state index contributed by atoms with van der Waals surface area (Å²) in [5.74, 6) is -2.11. The molecular formula is C12H11ClN2O6. The van der Waals surface area contributed by atoms with E-state index >= 15 is 0 Å². The average molecular weight is 315 g/mol. The van der Waals surface area contributed by atoms with Crippen molar-refractivity contribution in [3.63, 3.8) is 0 Å². The maximum atomic E-state index is 12.4. The van der Waals surface area contributed by atoms with Crippen molar-refractivity contribution in [1.82, 2.24) is 4.90 Å². The molecule has 1 aromatic rings. The molecule has 0 spiro atoms. The zero-order chi connectivity index (χ0) is 15.7. The highest BCUT2D eigenvalue weighted by Crippen LogP contribution is 2.27. The summed E-state index contributed by atoms with van der Waals surface area (Å²) in [6, 6.07) is 2.25. The quantitative estimate of drug-likeness (QED) is 0.631. The minimum atomic E-state index is -1.27. The van der Waals surface area contributed by atoms with Crippen LogP contribution in [0, 0.1) is 10.1 Å². The van der Waals surface area contributed by atoms with Gasteiger partial charge in [0.25, 0.3) is 11.6 Å². The standard InChI is InChI=1S/C12H11ClN2O6/c13-6-1-2-9(15(20)21)8(3-6)11(17)14-5-7(16)4-10(14)12(18)19/h1-3,7,10,16H,4-5H2,(H,18,19)/t7?,10-/m0/s1. The van der Waals surface area contributed by atoms with Crippen LogP contribution in [0.1, 0.15) is 16.8 Å². The Bertz CT molecular complexity index is 620. The molecule has 1 saturated heterocycles. The third-order valence-corrected chi connectivity index (χ3v) is 3.45. The fourth-order valence-corrected chi connectivity index (χ4v) is 2.44. The SMILES string of the molecule is O=C(O)[C@@H]1CC(O)CN1C(=O)c1cc(Cl)ccc1[N+](=O)[O-]. The average Bonchev–Trinajstić information content (AvgIpc) is 2.79. The summed E-state index contributed by atoms with van der Waals surface area (Å²) in [7, 11) is 0. The number of aliphatic hydroxyl groups excluding tert-OH is 1. The number of amides is 1. The molecule has 0 radical (unpaired) electrons. The molecule has 2 atom stereocenters. The molecule has 1 amide bonds. The summed E-state index contributed by atoms with van der Waals surface area (Å²) >= 11 is 5.74. The van der Waals surface area contributed by atoms with Crippen LogP contribution in [0.25, 0.3) is 0 Å². The number of hydrogen-bond donors (Lipinski definition) is 2. The normalized spacial score (nSPS) is 21.3. The van der Waals surface area contributed by atoms with Crippen molar-refractivity contribution in [2.24, 2.45) is 0 Å². The molecular weight excluding hydrogens is 304 g/mol. The Hall–Kier alpha value is -2.19. The molecule has 1 fully saturated rings. The molecule has 2 N–H and O–H groups in total. The van der Waals surface area contributed by atoms with Crippen molar-refractivity contribution in [2.45, 2.75) is 18.6 Å². The number of hydrogen-bond acceptors (Lipinski definition) is 5. The molecule has 2 rings (SSSR count). The first-order chi connectivity index (χ1) is 9.81. The Morgan fingerprint density at radius 2 is 2.10 bits per heavy atom. The monoisotopic (exact) mass is 314 g/mol. The van der Waals surface area contributed by atoms with E-state index in [4.69, 9.17) is 16.7 Å². The summed E-state index contributed by atoms with van der Waals surface area (Å²) in [5.41, 5.74) is -0.761. The first kappa shape index (κ1) is 15.2. The number of benzene rings is 1. The Labute approximate surface area is 123 Å². The van der Waals surface area contributed by atoms with Crippen LogP contribution in [0.3, 0.4) is 0 Å². The van der Waals surface area contributed by atoms with Gasteiger partial charge in [0, 0.05) is 24.1 Å². The number of carboxylic acid groups (broad SMARTS) is 1. The predicted octanol–water partition coefficient (Wildman–Crippen LogP) is 0.908. The van der Waals surface area contributed by atoms with Crippen molar-refractivity contribution in [1.29, 1.82) is 0 Å². The minimum Gasteiger partial charge on any atom is -0.480 e. The zero-order valence-corrected chi connectivity index (χ0v) is 11.4. The van der Waals surface area contributed by atoms with Crippen LogP contribution in [-0.2, 0) is 4.79 Å². The smallest absolute Gasteiger partial charge is 0.326 e. The molecule has 21 heavy (non-hydrogen) atoms. The van der Waals surface area contributed by atoms with E-state index < -0.39 is 34.6 Å². The van der Waals surface area contributed by atoms with Gasteiger partial charge in [-0.25, -0.2) is 4.79 Å². The second-order valence-electron chi connectivity index (χ2n) is 4.62. The van der Waals surface area contributed by atoms with Crippen LogP contribution in [0.2, 0.25) is 5.02 Å². The third kappa shape index (κ3) is 2.96. The Morgan fingerprint density at radius 3 is 2.67 bits per heavy atom. The molecule has 1 aliphatic heterocycles. The van der Waals surface area contributed by atoms with E-state index in [2.05, 4.69) is 0 Å². The number of aliphatic hydroxyl groups is 1. The second kappa shape index (κ2) is 5.66. The highest BCUT2D eigenvalue weighted by molar-refractivity contribution is 6.31. The van der Waals surface area contributed by atoms with Gasteiger partial charge >= 0.3 is 5.97 Å². The van der Waals surface area contributed by atoms with Crippen molar-refractivity contribution in [2.75, 3.05) is 6.54 Å². The largest absolute Gasteiger partial charge is 0.480 e. The Balaban J connectivity index is 2.42. The lowest BCUT2D eigenvalue weighted by molar-refractivity contribution is -0.385. The van der Waals surface area contributed by atoms with Crippen LogP contribution in [-0.4, -0.2) is 50.6 Å². The van der Waals surface area contributed by atoms with Crippen molar-refractivity contribution in [3.8, 4) is 0 Å². The molecule has 0 aliphatic carbocycles. The molecule has 112 valence electrons. The van der Waals surface area contributed by atoms with Crippen LogP contribution in [0.5, 0.6) is 0 Å². The Morgan fingerprint density at radius 1 is 1.43 bits per heavy atom. The van der Waals surface area contributed by atoms with E-state index in [1.807, 2.05) is 0 Å². The molecule has 1 aromatic carbocycles. The minimum absolute atomic E-state index is 0.116. The van der Waals surface area contributed by atoms with Gasteiger partial charge in [0.2, 0.25) is 0 Å². The van der Waals surface area contributed by atoms with E-state index in [0.29, 0.717) is 0 Å². The van der Waals surface area contributed by atoms with Gasteiger partial charge in [-0.05, 0) is 12.1 Å². The number of nitro groups is 1. The molecule has 1 heterocycles. The van der Waals surface area contributed by atoms with Gasteiger partial charge in [-0.15, -0.1) is 0 Å². The maximum absolute atomic E-state index is 12.4. The molecule has 9 heteroatoms. The number of carboxylic acids is 1. The van der Waals surface area contributed by atoms with Gasteiger partial charge in [0.1, 0.15) is 11.6 Å². The Kier molecular flexibility index (Phi) is 4.10. The second-order valence-corrected chi connectivity index (χ2v) is 5.06. The number of carbonyl (C=O) groups is 2. The van der Waals surface area contributed by atoms with Gasteiger partial charge < -0.3 is 15.1 Å². The number of carbonyl (C=O) groups excluding carboxylic acids is 1. The molecule has 8 nitrogen and oxygen atoms in total. The molecule has 0 saturated carbocycles. The van der Waals surface area contributed by atoms with E-state index in [-0.39, 0.29) is 23.6 Å². The number of β-amino-alcohol motifs (C(OH)–C–C–N with tert-alkyl or cyclic N) is 1. The van der Waals surface area contributed by atoms with Crippen molar-refractivity contribution >= 4 is 29.2 Å². The van der Waals surface area contributed by atoms with Gasteiger partial charge in [0.05, 0.1) is 11.0 Å². The topological polar surface area (TPSA) is 121 Å². The van der Waals surface area contributed by atoms with Gasteiger partial charge in [-0.3, -0.25) is 14.9 Å². The highest BCUT2D eigenvalue weighted by Gasteiger charge is 2.40. The number of aliphatic carboxylic acids is 1. The number of halogens is 1. The van der Waals surface area contributed by atoms with E-state index in [9.17, 15) is 24.8 Å². The fraction of sp³-hybridized carbons (Fsp3) is 0.333. The number of nitro benzene ring substituents is 1. The van der Waals surface area contributed by atoms with Gasteiger partial charge in [-0.2, -0.15) is 0 Å². The number of nitrogens with zero attached hydrogens (tertiary/aromatic N) is 2. The lowest BCUT2D eigenvalue weighted by atomic mass is 10.1. The van der Waals surface area contributed by atoms with Crippen LogP contribution in [0.4, 0.5) is 5.69 Å². The summed E-state index contributed by atoms with van der Waals surface area (Å²) in [5, 5.41) is 29.7. The molecule has 0 bridgehead atoms. The molecule has 1 aliphatic rings. The first-order valence-electron chi connectivity index (χ1n) is 5.97. The highest BCUT2D eigenvalue weighted by atomic mass is 35.5. The summed E-state index contributed by atoms with van der Waals surface area (Å²) in [4.78, 5) is 34.6. The predicted molar refractivity (Wildman–Crippen MR) is 71.2 cm³/mol. The third-order valence-electron chi connectivity index (χ3n) is 3.21. The lowest BCUT2D eigenvalue weighted by Gasteiger charge is -2.21. The van der Waals surface area contributed by atoms with E-state index in [0.717, 1.165) is 17.0 Å². The van der Waals surface area contributed by atoms with Crippen molar-refractivity contribution < 1.29 is 24.7 Å². The van der Waals surface area contributed by atoms with Gasteiger partial charge in [-0.1, -0.05) is 11.6 Å². The van der Waals surface area contributed by atoms with E-state index in [1.165, 1.54) is 6.07 Å². The zero-order valence-electron chi connectivity index (χ0n) is 10.6. The first-order valence-corrected chi connectivity index (χ1v) is 6.35. The summed E-state index contributed by atoms with van der Waals surface area (Å²) < 4.78 is 0. The maximum Gasteiger partial charge on any atom is 0.326 e. The van der Waals surface area contributed by atoms with E-state index in [1.54, 1.807) is 0 Å². The fourth-order valence-electron chi connectivity index (χ4n) is 2.27. The van der Waals surface area contributed by atoms with Crippen LogP contribution >= 0.6 is 11.6 Å². The van der Waals surface area contributed by atoms with Gasteiger partial charge in [0.15, 0.2) is 0 Å². The van der Waals surface area contributed by atoms with Crippen LogP contribution < -0.4 is 0 Å². The van der Waals surface area contributed by atoms with Crippen molar-refractivity contribution in [3.05, 3.63) is 38.9 Å². The lowest BCUT2D eigenvalue weighted by Crippen LogP contribution is -2.40. The number of likely N-dealkylation sites (tertiary alicyclic amines) is 1. The summed E-state index contributed by atoms with van der Waals surface area (Å²) in [6.45, 7) is -0.195.